The van der Waals surface area contributed by atoms with Crippen molar-refractivity contribution in [1.29, 1.82) is 0 Å². The zero-order valence-corrected chi connectivity index (χ0v) is 15.8. The number of pyridine rings is 1. The van der Waals surface area contributed by atoms with Crippen LogP contribution in [0.1, 0.15) is 39.3 Å². The molecule has 0 radical (unpaired) electrons. The van der Waals surface area contributed by atoms with Crippen LogP contribution in [0, 0.1) is 0 Å². The van der Waals surface area contributed by atoms with Gasteiger partial charge < -0.3 is 18.9 Å². The molecular weight excluding hydrogens is 354 g/mol. The molecule has 0 spiro atoms. The van der Waals surface area contributed by atoms with Gasteiger partial charge in [0.25, 0.3) is 0 Å². The Labute approximate surface area is 157 Å². The molecule has 1 saturated heterocycles. The molecule has 2 N–H and O–H groups in total. The Morgan fingerprint density at radius 3 is 2.70 bits per heavy atom. The third-order valence-corrected chi connectivity index (χ3v) is 4.13. The molecular formula is C18H25N3O6. The van der Waals surface area contributed by atoms with Crippen molar-refractivity contribution in [1.82, 2.24) is 15.6 Å². The fraction of sp³-hybridized carbons (Fsp3) is 0.611. The van der Waals surface area contributed by atoms with E-state index in [0.29, 0.717) is 43.4 Å². The van der Waals surface area contributed by atoms with Crippen LogP contribution in [-0.4, -0.2) is 48.1 Å². The van der Waals surface area contributed by atoms with E-state index in [1.54, 1.807) is 33.0 Å². The van der Waals surface area contributed by atoms with Crippen LogP contribution in [0.3, 0.4) is 0 Å². The predicted molar refractivity (Wildman–Crippen MR) is 94.4 cm³/mol. The van der Waals surface area contributed by atoms with Gasteiger partial charge in [0.2, 0.25) is 0 Å². The van der Waals surface area contributed by atoms with Gasteiger partial charge in [-0.25, -0.2) is 9.59 Å². The molecule has 0 aromatic carbocycles. The standard InChI is InChI=1S/C18H25N3O6/c1-17(2,3)27-16(23)26-15(22)18(5-4-6-20-18)21-10-12-9-13-14(11-19-12)25-8-7-24-13/h9,11,20-21H,4-8,10H2,1-3H3/t18-/m1/s1. The molecule has 3 heterocycles. The van der Waals surface area contributed by atoms with E-state index in [4.69, 9.17) is 18.9 Å². The van der Waals surface area contributed by atoms with Gasteiger partial charge in [-0.2, -0.15) is 0 Å². The maximum absolute atomic E-state index is 12.6. The van der Waals surface area contributed by atoms with Gasteiger partial charge in [-0.1, -0.05) is 0 Å². The Kier molecular flexibility index (Phi) is 5.52. The SMILES string of the molecule is CC(C)(C)OC(=O)OC(=O)[C@]1(NCc2cc3c(cn2)OCCO3)CCCN1. The molecule has 0 bridgehead atoms. The summed E-state index contributed by atoms with van der Waals surface area (Å²) in [5.74, 6) is 0.507. The van der Waals surface area contributed by atoms with Crippen molar-refractivity contribution in [2.24, 2.45) is 0 Å². The zero-order chi connectivity index (χ0) is 19.5. The summed E-state index contributed by atoms with van der Waals surface area (Å²) >= 11 is 0. The number of carbonyl (C=O) groups is 2. The number of rotatable bonds is 4. The number of nitrogens with one attached hydrogen (secondary N) is 2. The smallest absolute Gasteiger partial charge is 0.486 e. The molecule has 27 heavy (non-hydrogen) atoms. The molecule has 0 amide bonds. The van der Waals surface area contributed by atoms with Gasteiger partial charge in [-0.15, -0.1) is 0 Å². The molecule has 0 aliphatic carbocycles. The van der Waals surface area contributed by atoms with E-state index >= 15 is 0 Å². The number of nitrogens with zero attached hydrogens (tertiary/aromatic N) is 1. The highest BCUT2D eigenvalue weighted by atomic mass is 16.7. The first-order valence-electron chi connectivity index (χ1n) is 8.97. The van der Waals surface area contributed by atoms with Gasteiger partial charge >= 0.3 is 12.1 Å². The van der Waals surface area contributed by atoms with E-state index in [-0.39, 0.29) is 6.54 Å². The number of ether oxygens (including phenoxy) is 4. The van der Waals surface area contributed by atoms with Crippen molar-refractivity contribution in [3.63, 3.8) is 0 Å². The quantitative estimate of drug-likeness (QED) is 0.594. The molecule has 1 fully saturated rings. The van der Waals surface area contributed by atoms with Crippen molar-refractivity contribution in [3.05, 3.63) is 18.0 Å². The Hall–Kier alpha value is -2.39. The molecule has 0 unspecified atom stereocenters. The van der Waals surface area contributed by atoms with Gasteiger partial charge in [0.05, 0.1) is 11.9 Å². The topological polar surface area (TPSA) is 108 Å². The van der Waals surface area contributed by atoms with Crippen molar-refractivity contribution < 1.29 is 28.5 Å². The molecule has 1 aromatic heterocycles. The average Bonchev–Trinajstić information content (AvgIpc) is 3.08. The zero-order valence-electron chi connectivity index (χ0n) is 15.8. The van der Waals surface area contributed by atoms with E-state index in [1.807, 2.05) is 0 Å². The van der Waals surface area contributed by atoms with Gasteiger partial charge in [-0.3, -0.25) is 15.6 Å². The first-order chi connectivity index (χ1) is 12.8. The summed E-state index contributed by atoms with van der Waals surface area (Å²) in [6.07, 6.45) is 1.84. The van der Waals surface area contributed by atoms with Gasteiger partial charge in [0.15, 0.2) is 17.2 Å². The van der Waals surface area contributed by atoms with Crippen LogP contribution in [-0.2, 0) is 20.8 Å². The molecule has 3 rings (SSSR count). The average molecular weight is 379 g/mol. The van der Waals surface area contributed by atoms with E-state index in [2.05, 4.69) is 15.6 Å². The van der Waals surface area contributed by atoms with Crippen molar-refractivity contribution in [2.75, 3.05) is 19.8 Å². The summed E-state index contributed by atoms with van der Waals surface area (Å²) in [5, 5.41) is 6.23. The Bertz CT molecular complexity index is 710. The minimum atomic E-state index is -1.16. The van der Waals surface area contributed by atoms with Crippen LogP contribution in [0.25, 0.3) is 0 Å². The summed E-state index contributed by atoms with van der Waals surface area (Å²) in [4.78, 5) is 28.8. The summed E-state index contributed by atoms with van der Waals surface area (Å²) in [6.45, 7) is 7.00. The molecule has 148 valence electrons. The minimum absolute atomic E-state index is 0.285. The molecule has 2 aliphatic heterocycles. The van der Waals surface area contributed by atoms with Crippen molar-refractivity contribution in [2.45, 2.75) is 51.4 Å². The third-order valence-electron chi connectivity index (χ3n) is 4.13. The van der Waals surface area contributed by atoms with Crippen LogP contribution < -0.4 is 20.1 Å². The maximum Gasteiger partial charge on any atom is 0.516 e. The lowest BCUT2D eigenvalue weighted by Gasteiger charge is -2.28. The number of fused-ring (bicyclic) bond motifs is 1. The van der Waals surface area contributed by atoms with Crippen LogP contribution in [0.4, 0.5) is 4.79 Å². The van der Waals surface area contributed by atoms with E-state index < -0.39 is 23.4 Å². The highest BCUT2D eigenvalue weighted by molar-refractivity contribution is 5.88. The van der Waals surface area contributed by atoms with E-state index in [9.17, 15) is 9.59 Å². The summed E-state index contributed by atoms with van der Waals surface area (Å²) in [7, 11) is 0. The third kappa shape index (κ3) is 4.86. The summed E-state index contributed by atoms with van der Waals surface area (Å²) in [6, 6.07) is 1.77. The molecule has 9 heteroatoms. The summed E-state index contributed by atoms with van der Waals surface area (Å²) < 4.78 is 21.0. The normalized spacial score (nSPS) is 21.6. The van der Waals surface area contributed by atoms with Crippen molar-refractivity contribution in [3.8, 4) is 11.5 Å². The second-order valence-electron chi connectivity index (χ2n) is 7.46. The first kappa shape index (κ1) is 19.4. The fourth-order valence-electron chi connectivity index (χ4n) is 2.90. The molecule has 9 nitrogen and oxygen atoms in total. The molecule has 1 aromatic rings. The number of aromatic nitrogens is 1. The van der Waals surface area contributed by atoms with Crippen LogP contribution in [0.5, 0.6) is 11.5 Å². The molecule has 0 saturated carbocycles. The number of esters is 1. The van der Waals surface area contributed by atoms with E-state index in [1.165, 1.54) is 0 Å². The number of hydrogen-bond acceptors (Lipinski definition) is 9. The lowest BCUT2D eigenvalue weighted by Crippen LogP contribution is -2.60. The van der Waals surface area contributed by atoms with Gasteiger partial charge in [-0.05, 0) is 40.2 Å². The lowest BCUT2D eigenvalue weighted by atomic mass is 10.1. The maximum atomic E-state index is 12.6. The monoisotopic (exact) mass is 379 g/mol. The molecule has 1 atom stereocenters. The van der Waals surface area contributed by atoms with Crippen LogP contribution in [0.15, 0.2) is 12.3 Å². The molecule has 2 aliphatic rings. The largest absolute Gasteiger partial charge is 0.516 e. The number of carbonyl (C=O) groups excluding carboxylic acids is 2. The first-order valence-corrected chi connectivity index (χ1v) is 8.97. The van der Waals surface area contributed by atoms with E-state index in [0.717, 1.165) is 6.42 Å². The van der Waals surface area contributed by atoms with Gasteiger partial charge in [0, 0.05) is 12.6 Å². The Morgan fingerprint density at radius 2 is 2.04 bits per heavy atom. The number of hydrogen-bond donors (Lipinski definition) is 2. The minimum Gasteiger partial charge on any atom is -0.486 e. The Morgan fingerprint density at radius 1 is 1.30 bits per heavy atom. The van der Waals surface area contributed by atoms with Crippen molar-refractivity contribution >= 4 is 12.1 Å². The van der Waals surface area contributed by atoms with Crippen LogP contribution in [0.2, 0.25) is 0 Å². The summed E-state index contributed by atoms with van der Waals surface area (Å²) in [5.41, 5.74) is -1.22. The lowest BCUT2D eigenvalue weighted by molar-refractivity contribution is -0.150. The van der Waals surface area contributed by atoms with Crippen LogP contribution >= 0.6 is 0 Å². The highest BCUT2D eigenvalue weighted by Gasteiger charge is 2.44. The Balaban J connectivity index is 1.64. The fourth-order valence-corrected chi connectivity index (χ4v) is 2.90. The second-order valence-corrected chi connectivity index (χ2v) is 7.46. The highest BCUT2D eigenvalue weighted by Crippen LogP contribution is 2.29. The predicted octanol–water partition coefficient (Wildman–Crippen LogP) is 1.50. The second kappa shape index (κ2) is 7.69. The van der Waals surface area contributed by atoms with Gasteiger partial charge in [0.1, 0.15) is 18.8 Å².